The second-order valence-corrected chi connectivity index (χ2v) is 4.80. The monoisotopic (exact) mass is 300 g/mol. The van der Waals surface area contributed by atoms with Crippen LogP contribution in [0.15, 0.2) is 42.5 Å². The summed E-state index contributed by atoms with van der Waals surface area (Å²) in [7, 11) is 0. The number of carbonyl (C=O) groups excluding carboxylic acids is 1. The number of carbonyl (C=O) groups is 1. The van der Waals surface area contributed by atoms with Gasteiger partial charge in [0, 0.05) is 22.3 Å². The van der Waals surface area contributed by atoms with Crippen molar-refractivity contribution < 1.29 is 9.53 Å². The first-order valence-electron chi connectivity index (χ1n) is 6.27. The van der Waals surface area contributed by atoms with Gasteiger partial charge in [-0.2, -0.15) is 5.26 Å². The highest BCUT2D eigenvalue weighted by Crippen LogP contribution is 2.20. The lowest BCUT2D eigenvalue weighted by molar-refractivity contribution is 0.102. The summed E-state index contributed by atoms with van der Waals surface area (Å²) in [5, 5.41) is 11.8. The second kappa shape index (κ2) is 6.78. The third-order valence-electron chi connectivity index (χ3n) is 2.83. The summed E-state index contributed by atoms with van der Waals surface area (Å²) in [6, 6.07) is 13.9. The van der Waals surface area contributed by atoms with Gasteiger partial charge in [-0.1, -0.05) is 23.7 Å². The SMILES string of the molecule is Cc1ccc(C(=O)Nc2cccc(OCC#N)c2)cc1Cl. The van der Waals surface area contributed by atoms with Gasteiger partial charge < -0.3 is 10.1 Å². The summed E-state index contributed by atoms with van der Waals surface area (Å²) in [5.41, 5.74) is 1.99. The van der Waals surface area contributed by atoms with Crippen molar-refractivity contribution in [2.75, 3.05) is 11.9 Å². The molecule has 5 heteroatoms. The van der Waals surface area contributed by atoms with E-state index in [0.717, 1.165) is 5.56 Å². The summed E-state index contributed by atoms with van der Waals surface area (Å²) < 4.78 is 5.18. The molecular formula is C16H13ClN2O2. The van der Waals surface area contributed by atoms with E-state index in [-0.39, 0.29) is 12.5 Å². The minimum absolute atomic E-state index is 0.0367. The van der Waals surface area contributed by atoms with Gasteiger partial charge in [0.05, 0.1) is 0 Å². The Labute approximate surface area is 127 Å². The van der Waals surface area contributed by atoms with Crippen molar-refractivity contribution in [3.8, 4) is 11.8 Å². The van der Waals surface area contributed by atoms with E-state index in [1.165, 1.54) is 0 Å². The Bertz CT molecular complexity index is 708. The summed E-state index contributed by atoms with van der Waals surface area (Å²) >= 11 is 6.01. The largest absolute Gasteiger partial charge is 0.479 e. The summed E-state index contributed by atoms with van der Waals surface area (Å²) in [5.74, 6) is 0.269. The first kappa shape index (κ1) is 14.9. The number of rotatable bonds is 4. The van der Waals surface area contributed by atoms with Gasteiger partial charge in [-0.3, -0.25) is 4.79 Å². The highest BCUT2D eigenvalue weighted by atomic mass is 35.5. The molecule has 1 N–H and O–H groups in total. The molecule has 0 spiro atoms. The quantitative estimate of drug-likeness (QED) is 0.934. The molecule has 0 radical (unpaired) electrons. The van der Waals surface area contributed by atoms with Crippen LogP contribution < -0.4 is 10.1 Å². The van der Waals surface area contributed by atoms with Crippen molar-refractivity contribution >= 4 is 23.2 Å². The van der Waals surface area contributed by atoms with E-state index in [1.807, 2.05) is 13.0 Å². The molecule has 0 unspecified atom stereocenters. The molecule has 0 aliphatic rings. The molecule has 4 nitrogen and oxygen atoms in total. The zero-order valence-electron chi connectivity index (χ0n) is 11.4. The molecule has 0 aliphatic heterocycles. The molecule has 2 aromatic rings. The second-order valence-electron chi connectivity index (χ2n) is 4.39. The Balaban J connectivity index is 2.12. The lowest BCUT2D eigenvalue weighted by atomic mass is 10.1. The molecule has 0 bridgehead atoms. The van der Waals surface area contributed by atoms with E-state index in [4.69, 9.17) is 21.6 Å². The fraction of sp³-hybridized carbons (Fsp3) is 0.125. The van der Waals surface area contributed by atoms with Crippen LogP contribution in [-0.2, 0) is 0 Å². The van der Waals surface area contributed by atoms with Crippen LogP contribution in [-0.4, -0.2) is 12.5 Å². The Kier molecular flexibility index (Phi) is 4.81. The molecule has 21 heavy (non-hydrogen) atoms. The van der Waals surface area contributed by atoms with Crippen LogP contribution in [0.1, 0.15) is 15.9 Å². The van der Waals surface area contributed by atoms with E-state index in [1.54, 1.807) is 42.5 Å². The van der Waals surface area contributed by atoms with E-state index in [2.05, 4.69) is 5.32 Å². The van der Waals surface area contributed by atoms with Crippen LogP contribution in [0, 0.1) is 18.3 Å². The number of aryl methyl sites for hydroxylation is 1. The topological polar surface area (TPSA) is 62.1 Å². The molecule has 0 aromatic heterocycles. The predicted octanol–water partition coefficient (Wildman–Crippen LogP) is 3.80. The number of hydrogen-bond donors (Lipinski definition) is 1. The maximum absolute atomic E-state index is 12.1. The first-order valence-corrected chi connectivity index (χ1v) is 6.65. The van der Waals surface area contributed by atoms with Gasteiger partial charge in [0.15, 0.2) is 6.61 Å². The fourth-order valence-electron chi connectivity index (χ4n) is 1.72. The van der Waals surface area contributed by atoms with Gasteiger partial charge >= 0.3 is 0 Å². The molecule has 0 aliphatic carbocycles. The zero-order valence-corrected chi connectivity index (χ0v) is 12.1. The first-order chi connectivity index (χ1) is 10.1. The molecule has 0 saturated heterocycles. The molecule has 0 saturated carbocycles. The van der Waals surface area contributed by atoms with E-state index < -0.39 is 0 Å². The number of nitrogens with one attached hydrogen (secondary N) is 1. The summed E-state index contributed by atoms with van der Waals surface area (Å²) in [6.07, 6.45) is 0. The number of benzene rings is 2. The molecule has 2 aromatic carbocycles. The average molecular weight is 301 g/mol. The fourth-order valence-corrected chi connectivity index (χ4v) is 1.90. The average Bonchev–Trinajstić information content (AvgIpc) is 2.48. The third kappa shape index (κ3) is 3.98. The molecular weight excluding hydrogens is 288 g/mol. The van der Waals surface area contributed by atoms with Crippen molar-refractivity contribution in [3.05, 3.63) is 58.6 Å². The van der Waals surface area contributed by atoms with Crippen molar-refractivity contribution in [3.63, 3.8) is 0 Å². The molecule has 106 valence electrons. The smallest absolute Gasteiger partial charge is 0.255 e. The zero-order chi connectivity index (χ0) is 15.2. The predicted molar refractivity (Wildman–Crippen MR) is 81.7 cm³/mol. The van der Waals surface area contributed by atoms with Gasteiger partial charge in [-0.25, -0.2) is 0 Å². The summed E-state index contributed by atoms with van der Waals surface area (Å²) in [4.78, 5) is 12.1. The van der Waals surface area contributed by atoms with Crippen molar-refractivity contribution in [2.45, 2.75) is 6.92 Å². The third-order valence-corrected chi connectivity index (χ3v) is 3.24. The number of nitriles is 1. The number of nitrogens with zero attached hydrogens (tertiary/aromatic N) is 1. The molecule has 0 atom stereocenters. The Morgan fingerprint density at radius 1 is 1.33 bits per heavy atom. The van der Waals surface area contributed by atoms with E-state index in [9.17, 15) is 4.79 Å². The molecule has 0 heterocycles. The molecule has 0 fully saturated rings. The van der Waals surface area contributed by atoms with Crippen molar-refractivity contribution in [1.29, 1.82) is 5.26 Å². The van der Waals surface area contributed by atoms with Crippen LogP contribution >= 0.6 is 11.6 Å². The minimum atomic E-state index is -0.255. The van der Waals surface area contributed by atoms with Gasteiger partial charge in [-0.05, 0) is 36.8 Å². The van der Waals surface area contributed by atoms with Gasteiger partial charge in [-0.15, -0.1) is 0 Å². The van der Waals surface area contributed by atoms with E-state index >= 15 is 0 Å². The lowest BCUT2D eigenvalue weighted by Crippen LogP contribution is -2.12. The number of halogens is 1. The van der Waals surface area contributed by atoms with Crippen molar-refractivity contribution in [1.82, 2.24) is 0 Å². The van der Waals surface area contributed by atoms with Gasteiger partial charge in [0.1, 0.15) is 11.8 Å². The van der Waals surface area contributed by atoms with Crippen LogP contribution in [0.3, 0.4) is 0 Å². The number of amides is 1. The number of hydrogen-bond acceptors (Lipinski definition) is 3. The normalized spacial score (nSPS) is 9.76. The Morgan fingerprint density at radius 3 is 2.86 bits per heavy atom. The van der Waals surface area contributed by atoms with E-state index in [0.29, 0.717) is 22.0 Å². The summed E-state index contributed by atoms with van der Waals surface area (Å²) in [6.45, 7) is 1.84. The standard InChI is InChI=1S/C16H13ClN2O2/c1-11-5-6-12(9-15(11)17)16(20)19-13-3-2-4-14(10-13)21-8-7-18/h2-6,9-10H,8H2,1H3,(H,19,20). The Hall–Kier alpha value is -2.51. The minimum Gasteiger partial charge on any atom is -0.479 e. The highest BCUT2D eigenvalue weighted by Gasteiger charge is 2.08. The van der Waals surface area contributed by atoms with Gasteiger partial charge in [0.2, 0.25) is 0 Å². The maximum Gasteiger partial charge on any atom is 0.255 e. The van der Waals surface area contributed by atoms with Crippen LogP contribution in [0.25, 0.3) is 0 Å². The Morgan fingerprint density at radius 2 is 2.14 bits per heavy atom. The molecule has 2 rings (SSSR count). The van der Waals surface area contributed by atoms with Gasteiger partial charge in [0.25, 0.3) is 5.91 Å². The van der Waals surface area contributed by atoms with Crippen molar-refractivity contribution in [2.24, 2.45) is 0 Å². The maximum atomic E-state index is 12.1. The molecule has 1 amide bonds. The number of anilines is 1. The lowest BCUT2D eigenvalue weighted by Gasteiger charge is -2.08. The van der Waals surface area contributed by atoms with Crippen LogP contribution in [0.4, 0.5) is 5.69 Å². The highest BCUT2D eigenvalue weighted by molar-refractivity contribution is 6.31. The van der Waals surface area contributed by atoms with Crippen LogP contribution in [0.5, 0.6) is 5.75 Å². The number of ether oxygens (including phenoxy) is 1. The van der Waals surface area contributed by atoms with Crippen LogP contribution in [0.2, 0.25) is 5.02 Å².